The normalized spacial score (nSPS) is 13.8. The number of methoxy groups -OCH3 is 1. The van der Waals surface area contributed by atoms with E-state index in [2.05, 4.69) is 10.1 Å². The summed E-state index contributed by atoms with van der Waals surface area (Å²) in [4.78, 5) is 11.3. The summed E-state index contributed by atoms with van der Waals surface area (Å²) in [6.07, 6.45) is 0.370. The van der Waals surface area contributed by atoms with Crippen LogP contribution >= 0.6 is 0 Å². The summed E-state index contributed by atoms with van der Waals surface area (Å²) in [6.45, 7) is 6.56. The van der Waals surface area contributed by atoms with Crippen LogP contribution in [0.25, 0.3) is 0 Å². The van der Waals surface area contributed by atoms with Gasteiger partial charge >= 0.3 is 5.97 Å². The third-order valence-electron chi connectivity index (χ3n) is 2.16. The number of carbonyl (C=O) groups is 1. The number of aliphatic hydroxyl groups excluding tert-OH is 1. The van der Waals surface area contributed by atoms with Crippen LogP contribution in [0.3, 0.4) is 0 Å². The molecule has 14 heavy (non-hydrogen) atoms. The standard InChI is InChI=1S/C10H21NO3/c1-5-8(12)6-11-7-10(2,3)9(13)14-4/h8,11-12H,5-7H2,1-4H3. The van der Waals surface area contributed by atoms with Gasteiger partial charge in [0.2, 0.25) is 0 Å². The minimum Gasteiger partial charge on any atom is -0.469 e. The Bertz CT molecular complexity index is 180. The molecule has 0 rings (SSSR count). The van der Waals surface area contributed by atoms with Crippen LogP contribution in [-0.2, 0) is 9.53 Å². The average molecular weight is 203 g/mol. The number of rotatable bonds is 6. The molecule has 0 saturated carbocycles. The number of ether oxygens (including phenoxy) is 1. The summed E-state index contributed by atoms with van der Waals surface area (Å²) >= 11 is 0. The van der Waals surface area contributed by atoms with Crippen LogP contribution < -0.4 is 5.32 Å². The van der Waals surface area contributed by atoms with Crippen LogP contribution in [0.15, 0.2) is 0 Å². The predicted octanol–water partition coefficient (Wildman–Crippen LogP) is 0.546. The van der Waals surface area contributed by atoms with E-state index in [1.54, 1.807) is 0 Å². The molecule has 0 aromatic heterocycles. The van der Waals surface area contributed by atoms with Gasteiger partial charge in [-0.05, 0) is 20.3 Å². The van der Waals surface area contributed by atoms with E-state index in [4.69, 9.17) is 0 Å². The molecule has 4 nitrogen and oxygen atoms in total. The van der Waals surface area contributed by atoms with Crippen molar-refractivity contribution in [3.8, 4) is 0 Å². The summed E-state index contributed by atoms with van der Waals surface area (Å²) in [5, 5.41) is 12.3. The predicted molar refractivity (Wildman–Crippen MR) is 55.0 cm³/mol. The number of aliphatic hydroxyl groups is 1. The van der Waals surface area contributed by atoms with Crippen molar-refractivity contribution in [1.29, 1.82) is 0 Å². The minimum atomic E-state index is -0.539. The lowest BCUT2D eigenvalue weighted by Crippen LogP contribution is -2.39. The van der Waals surface area contributed by atoms with Gasteiger partial charge in [0.25, 0.3) is 0 Å². The Kier molecular flexibility index (Phi) is 5.72. The summed E-state index contributed by atoms with van der Waals surface area (Å²) in [5.41, 5.74) is -0.539. The van der Waals surface area contributed by atoms with Crippen molar-refractivity contribution >= 4 is 5.97 Å². The van der Waals surface area contributed by atoms with Crippen LogP contribution in [0.5, 0.6) is 0 Å². The van der Waals surface area contributed by atoms with Gasteiger partial charge in [0.05, 0.1) is 18.6 Å². The molecule has 0 aromatic carbocycles. The average Bonchev–Trinajstić information content (AvgIpc) is 2.15. The first kappa shape index (κ1) is 13.4. The van der Waals surface area contributed by atoms with Gasteiger partial charge in [0, 0.05) is 13.1 Å². The highest BCUT2D eigenvalue weighted by Crippen LogP contribution is 2.15. The zero-order valence-corrected chi connectivity index (χ0v) is 9.46. The number of hydrogen-bond donors (Lipinski definition) is 2. The molecule has 84 valence electrons. The molecule has 0 fully saturated rings. The Morgan fingerprint density at radius 2 is 2.14 bits per heavy atom. The first-order valence-electron chi connectivity index (χ1n) is 4.91. The highest BCUT2D eigenvalue weighted by Gasteiger charge is 2.28. The molecule has 0 saturated heterocycles. The first-order valence-corrected chi connectivity index (χ1v) is 4.91. The van der Waals surface area contributed by atoms with Crippen LogP contribution in [0.4, 0.5) is 0 Å². The second kappa shape index (κ2) is 5.98. The maximum Gasteiger partial charge on any atom is 0.312 e. The molecule has 0 bridgehead atoms. The van der Waals surface area contributed by atoms with Gasteiger partial charge in [0.1, 0.15) is 0 Å². The monoisotopic (exact) mass is 203 g/mol. The molecule has 0 aromatic rings. The van der Waals surface area contributed by atoms with E-state index in [-0.39, 0.29) is 12.1 Å². The fourth-order valence-corrected chi connectivity index (χ4v) is 1.04. The lowest BCUT2D eigenvalue weighted by Gasteiger charge is -2.22. The van der Waals surface area contributed by atoms with Crippen molar-refractivity contribution in [2.24, 2.45) is 5.41 Å². The molecule has 0 heterocycles. The van der Waals surface area contributed by atoms with Gasteiger partial charge in [-0.2, -0.15) is 0 Å². The zero-order valence-electron chi connectivity index (χ0n) is 9.46. The molecule has 0 radical (unpaired) electrons. The molecular formula is C10H21NO3. The molecule has 2 N–H and O–H groups in total. The van der Waals surface area contributed by atoms with Gasteiger partial charge in [-0.25, -0.2) is 0 Å². The Morgan fingerprint density at radius 3 is 2.57 bits per heavy atom. The minimum absolute atomic E-state index is 0.240. The van der Waals surface area contributed by atoms with Gasteiger partial charge in [-0.3, -0.25) is 4.79 Å². The van der Waals surface area contributed by atoms with Crippen molar-refractivity contribution in [2.45, 2.75) is 33.3 Å². The molecule has 1 unspecified atom stereocenters. The molecule has 0 aliphatic rings. The number of nitrogens with one attached hydrogen (secondary N) is 1. The number of hydrogen-bond acceptors (Lipinski definition) is 4. The van der Waals surface area contributed by atoms with E-state index in [1.165, 1.54) is 7.11 Å². The summed E-state index contributed by atoms with van der Waals surface area (Å²) in [7, 11) is 1.38. The summed E-state index contributed by atoms with van der Waals surface area (Å²) < 4.78 is 4.66. The van der Waals surface area contributed by atoms with Crippen molar-refractivity contribution in [1.82, 2.24) is 5.32 Å². The summed E-state index contributed by atoms with van der Waals surface area (Å²) in [6, 6.07) is 0. The first-order chi connectivity index (χ1) is 6.44. The van der Waals surface area contributed by atoms with Gasteiger partial charge in [0.15, 0.2) is 0 Å². The van der Waals surface area contributed by atoms with E-state index in [9.17, 15) is 9.90 Å². The molecule has 4 heteroatoms. The van der Waals surface area contributed by atoms with Crippen LogP contribution in [0.1, 0.15) is 27.2 Å². The van der Waals surface area contributed by atoms with E-state index < -0.39 is 5.41 Å². The second-order valence-electron chi connectivity index (χ2n) is 4.07. The smallest absolute Gasteiger partial charge is 0.312 e. The van der Waals surface area contributed by atoms with E-state index in [1.807, 2.05) is 20.8 Å². The quantitative estimate of drug-likeness (QED) is 0.619. The maximum absolute atomic E-state index is 11.3. The Balaban J connectivity index is 3.82. The second-order valence-corrected chi connectivity index (χ2v) is 4.07. The topological polar surface area (TPSA) is 58.6 Å². The fraction of sp³-hybridized carbons (Fsp3) is 0.900. The third-order valence-corrected chi connectivity index (χ3v) is 2.16. The zero-order chi connectivity index (χ0) is 11.2. The highest BCUT2D eigenvalue weighted by atomic mass is 16.5. The molecule has 1 atom stereocenters. The van der Waals surface area contributed by atoms with Crippen molar-refractivity contribution in [2.75, 3.05) is 20.2 Å². The maximum atomic E-state index is 11.3. The molecule has 0 aliphatic carbocycles. The molecule has 0 aliphatic heterocycles. The van der Waals surface area contributed by atoms with E-state index >= 15 is 0 Å². The van der Waals surface area contributed by atoms with E-state index in [0.29, 0.717) is 19.5 Å². The lowest BCUT2D eigenvalue weighted by atomic mass is 9.94. The van der Waals surface area contributed by atoms with Gasteiger partial charge in [-0.1, -0.05) is 6.92 Å². The largest absolute Gasteiger partial charge is 0.469 e. The SMILES string of the molecule is CCC(O)CNCC(C)(C)C(=O)OC. The third kappa shape index (κ3) is 4.58. The fourth-order valence-electron chi connectivity index (χ4n) is 1.04. The number of esters is 1. The van der Waals surface area contributed by atoms with E-state index in [0.717, 1.165) is 0 Å². The lowest BCUT2D eigenvalue weighted by molar-refractivity contribution is -0.150. The Hall–Kier alpha value is -0.610. The van der Waals surface area contributed by atoms with Crippen molar-refractivity contribution in [3.63, 3.8) is 0 Å². The Labute approximate surface area is 85.6 Å². The van der Waals surface area contributed by atoms with Gasteiger partial charge < -0.3 is 15.2 Å². The highest BCUT2D eigenvalue weighted by molar-refractivity contribution is 5.76. The molecular weight excluding hydrogens is 182 g/mol. The van der Waals surface area contributed by atoms with Crippen LogP contribution in [0.2, 0.25) is 0 Å². The van der Waals surface area contributed by atoms with Crippen LogP contribution in [-0.4, -0.2) is 37.4 Å². The Morgan fingerprint density at radius 1 is 1.57 bits per heavy atom. The summed E-state index contributed by atoms with van der Waals surface area (Å²) in [5.74, 6) is -0.240. The number of carbonyl (C=O) groups excluding carboxylic acids is 1. The van der Waals surface area contributed by atoms with Gasteiger partial charge in [-0.15, -0.1) is 0 Å². The van der Waals surface area contributed by atoms with Crippen molar-refractivity contribution in [3.05, 3.63) is 0 Å². The van der Waals surface area contributed by atoms with Crippen molar-refractivity contribution < 1.29 is 14.6 Å². The molecule has 0 spiro atoms. The molecule has 0 amide bonds. The van der Waals surface area contributed by atoms with Crippen LogP contribution in [0, 0.1) is 5.41 Å².